The van der Waals surface area contributed by atoms with Crippen molar-refractivity contribution in [3.05, 3.63) is 170 Å². The molecule has 208 valence electrons. The molecule has 1 heteroatoms. The van der Waals surface area contributed by atoms with E-state index in [0.29, 0.717) is 0 Å². The van der Waals surface area contributed by atoms with Gasteiger partial charge in [0.15, 0.2) is 0 Å². The van der Waals surface area contributed by atoms with Crippen molar-refractivity contribution >= 4 is 48.9 Å². The van der Waals surface area contributed by atoms with Crippen LogP contribution >= 0.6 is 0 Å². The summed E-state index contributed by atoms with van der Waals surface area (Å²) in [6, 6.07) is 53.0. The van der Waals surface area contributed by atoms with Crippen LogP contribution in [0.1, 0.15) is 12.5 Å². The summed E-state index contributed by atoms with van der Waals surface area (Å²) in [7, 11) is 0. The first-order valence-corrected chi connectivity index (χ1v) is 15.2. The minimum absolute atomic E-state index is 1.15. The molecule has 0 aliphatic heterocycles. The molecule has 0 aliphatic rings. The molecule has 1 nitrogen and oxygen atoms in total. The number of nitrogens with zero attached hydrogens (tertiary/aromatic N) is 1. The lowest BCUT2D eigenvalue weighted by Gasteiger charge is -2.14. The lowest BCUT2D eigenvalue weighted by Crippen LogP contribution is -1.94. The predicted octanol–water partition coefficient (Wildman–Crippen LogP) is 12.0. The molecule has 1 heterocycles. The zero-order valence-electron chi connectivity index (χ0n) is 24.7. The Balaban J connectivity index is 1.38. The molecule has 0 spiro atoms. The largest absolute Gasteiger partial charge is 0.309 e. The molecule has 8 aromatic rings. The quantitative estimate of drug-likeness (QED) is 0.184. The molecule has 0 aliphatic carbocycles. The summed E-state index contributed by atoms with van der Waals surface area (Å²) in [5.41, 5.74) is 10.9. The first-order valence-electron chi connectivity index (χ1n) is 15.2. The van der Waals surface area contributed by atoms with Crippen molar-refractivity contribution in [2.45, 2.75) is 6.92 Å². The number of rotatable bonds is 5. The van der Waals surface area contributed by atoms with Crippen LogP contribution in [0.25, 0.3) is 76.9 Å². The fourth-order valence-corrected chi connectivity index (χ4v) is 6.85. The molecule has 0 atom stereocenters. The molecule has 0 N–H and O–H groups in total. The van der Waals surface area contributed by atoms with Crippen LogP contribution in [-0.2, 0) is 0 Å². The Kier molecular flexibility index (Phi) is 6.24. The lowest BCUT2D eigenvalue weighted by molar-refractivity contribution is 1.19. The number of aromatic nitrogens is 1. The molecular weight excluding hydrogens is 530 g/mol. The van der Waals surface area contributed by atoms with Gasteiger partial charge in [0.1, 0.15) is 0 Å². The Morgan fingerprint density at radius 3 is 2.00 bits per heavy atom. The van der Waals surface area contributed by atoms with Gasteiger partial charge in [0, 0.05) is 21.8 Å². The van der Waals surface area contributed by atoms with Crippen LogP contribution in [0.2, 0.25) is 0 Å². The van der Waals surface area contributed by atoms with Gasteiger partial charge in [-0.2, -0.15) is 0 Å². The summed E-state index contributed by atoms with van der Waals surface area (Å²) in [6.07, 6.45) is 4.07. The molecule has 0 unspecified atom stereocenters. The SMILES string of the molecule is C=C/C(=C\C)c1ccc(-c2ccc3c(ccc4c5ccc(-c6ccccc6)cc5n(-c5ccccc5)c34)c2)c2ccccc12. The van der Waals surface area contributed by atoms with Gasteiger partial charge in [-0.05, 0) is 80.7 Å². The maximum absolute atomic E-state index is 4.05. The van der Waals surface area contributed by atoms with Gasteiger partial charge in [-0.1, -0.05) is 140 Å². The molecule has 7 aromatic carbocycles. The summed E-state index contributed by atoms with van der Waals surface area (Å²) in [5, 5.41) is 7.49. The zero-order valence-corrected chi connectivity index (χ0v) is 24.7. The van der Waals surface area contributed by atoms with Crippen molar-refractivity contribution in [3.8, 4) is 27.9 Å². The van der Waals surface area contributed by atoms with Crippen LogP contribution in [0, 0.1) is 0 Å². The van der Waals surface area contributed by atoms with Crippen molar-refractivity contribution in [2.24, 2.45) is 0 Å². The van der Waals surface area contributed by atoms with Crippen LogP contribution in [-0.4, -0.2) is 4.57 Å². The van der Waals surface area contributed by atoms with Gasteiger partial charge in [-0.3, -0.25) is 0 Å². The molecule has 0 bridgehead atoms. The fourth-order valence-electron chi connectivity index (χ4n) is 6.85. The average molecular weight is 562 g/mol. The molecule has 0 radical (unpaired) electrons. The topological polar surface area (TPSA) is 4.93 Å². The zero-order chi connectivity index (χ0) is 29.6. The number of benzene rings is 7. The Morgan fingerprint density at radius 2 is 1.23 bits per heavy atom. The van der Waals surface area contributed by atoms with E-state index >= 15 is 0 Å². The molecule has 0 saturated heterocycles. The number of hydrogen-bond donors (Lipinski definition) is 0. The third-order valence-corrected chi connectivity index (χ3v) is 8.94. The minimum atomic E-state index is 1.15. The van der Waals surface area contributed by atoms with Crippen molar-refractivity contribution in [3.63, 3.8) is 0 Å². The summed E-state index contributed by atoms with van der Waals surface area (Å²) < 4.78 is 2.44. The van der Waals surface area contributed by atoms with Crippen LogP contribution in [0.4, 0.5) is 0 Å². The summed E-state index contributed by atoms with van der Waals surface area (Å²) in [4.78, 5) is 0. The second-order valence-corrected chi connectivity index (χ2v) is 11.3. The van der Waals surface area contributed by atoms with E-state index in [9.17, 15) is 0 Å². The lowest BCUT2D eigenvalue weighted by atomic mass is 9.91. The van der Waals surface area contributed by atoms with Crippen LogP contribution < -0.4 is 0 Å². The van der Waals surface area contributed by atoms with Gasteiger partial charge >= 0.3 is 0 Å². The van der Waals surface area contributed by atoms with E-state index < -0.39 is 0 Å². The van der Waals surface area contributed by atoms with Crippen LogP contribution in [0.15, 0.2) is 164 Å². The average Bonchev–Trinajstić information content (AvgIpc) is 3.43. The fraction of sp³-hybridized carbons (Fsp3) is 0.0233. The van der Waals surface area contributed by atoms with Crippen molar-refractivity contribution in [1.29, 1.82) is 0 Å². The molecule has 1 aromatic heterocycles. The van der Waals surface area contributed by atoms with E-state index in [1.165, 1.54) is 71.2 Å². The van der Waals surface area contributed by atoms with Crippen molar-refractivity contribution in [1.82, 2.24) is 4.57 Å². The highest BCUT2D eigenvalue weighted by Crippen LogP contribution is 2.40. The molecule has 0 fully saturated rings. The van der Waals surface area contributed by atoms with Gasteiger partial charge < -0.3 is 4.57 Å². The highest BCUT2D eigenvalue weighted by Gasteiger charge is 2.17. The smallest absolute Gasteiger partial charge is 0.0619 e. The first-order chi connectivity index (χ1) is 21.7. The van der Waals surface area contributed by atoms with E-state index in [1.54, 1.807) is 0 Å². The van der Waals surface area contributed by atoms with Gasteiger partial charge in [-0.25, -0.2) is 0 Å². The standard InChI is InChI=1S/C43H31N/c1-3-29(4-2)35-25-26-36(39-18-12-11-17-38(35)39)32-20-22-37-33(27-32)21-24-41-40-23-19-31(30-13-7-5-8-14-30)28-42(40)44(43(37)41)34-15-9-6-10-16-34/h3-28H,1H2,2H3/b29-4+. The summed E-state index contributed by atoms with van der Waals surface area (Å²) in [6.45, 7) is 6.12. The van der Waals surface area contributed by atoms with Crippen molar-refractivity contribution in [2.75, 3.05) is 0 Å². The molecule has 0 amide bonds. The molecule has 44 heavy (non-hydrogen) atoms. The van der Waals surface area contributed by atoms with Crippen molar-refractivity contribution < 1.29 is 0 Å². The number of allylic oxidation sites excluding steroid dienone is 3. The molecular formula is C43H31N. The Morgan fingerprint density at radius 1 is 0.545 bits per heavy atom. The van der Waals surface area contributed by atoms with E-state index in [1.807, 2.05) is 6.08 Å². The Hall–Kier alpha value is -5.66. The number of para-hydroxylation sites is 1. The van der Waals surface area contributed by atoms with E-state index in [2.05, 4.69) is 170 Å². The highest BCUT2D eigenvalue weighted by atomic mass is 15.0. The van der Waals surface area contributed by atoms with Gasteiger partial charge in [-0.15, -0.1) is 0 Å². The maximum atomic E-state index is 4.05. The molecule has 8 rings (SSSR count). The minimum Gasteiger partial charge on any atom is -0.309 e. The Bertz CT molecular complexity index is 2390. The third kappa shape index (κ3) is 4.09. The molecule has 0 saturated carbocycles. The highest BCUT2D eigenvalue weighted by molar-refractivity contribution is 6.19. The first kappa shape index (κ1) is 26.0. The monoisotopic (exact) mass is 561 g/mol. The normalized spacial score (nSPS) is 12.0. The second-order valence-electron chi connectivity index (χ2n) is 11.3. The number of hydrogen-bond acceptors (Lipinski definition) is 0. The van der Waals surface area contributed by atoms with Gasteiger partial charge in [0.2, 0.25) is 0 Å². The maximum Gasteiger partial charge on any atom is 0.0619 e. The van der Waals surface area contributed by atoms with E-state index in [-0.39, 0.29) is 0 Å². The van der Waals surface area contributed by atoms with Gasteiger partial charge in [0.25, 0.3) is 0 Å². The van der Waals surface area contributed by atoms with Crippen LogP contribution in [0.5, 0.6) is 0 Å². The number of fused-ring (bicyclic) bond motifs is 6. The van der Waals surface area contributed by atoms with E-state index in [0.717, 1.165) is 11.3 Å². The summed E-state index contributed by atoms with van der Waals surface area (Å²) in [5.74, 6) is 0. The van der Waals surface area contributed by atoms with Crippen LogP contribution in [0.3, 0.4) is 0 Å². The third-order valence-electron chi connectivity index (χ3n) is 8.94. The van der Waals surface area contributed by atoms with Gasteiger partial charge in [0.05, 0.1) is 11.0 Å². The Labute approximate surface area is 257 Å². The summed E-state index contributed by atoms with van der Waals surface area (Å²) >= 11 is 0. The van der Waals surface area contributed by atoms with E-state index in [4.69, 9.17) is 0 Å². The predicted molar refractivity (Wildman–Crippen MR) is 191 cm³/mol. The second kappa shape index (κ2) is 10.6.